The van der Waals surface area contributed by atoms with Crippen molar-refractivity contribution in [2.45, 2.75) is 37.2 Å². The van der Waals surface area contributed by atoms with E-state index in [-0.39, 0.29) is 0 Å². The Balaban J connectivity index is 1.71. The van der Waals surface area contributed by atoms with Crippen LogP contribution in [-0.2, 0) is 17.8 Å². The van der Waals surface area contributed by atoms with Crippen LogP contribution >= 0.6 is 11.8 Å². The number of carbonyl (C=O) groups is 1. The van der Waals surface area contributed by atoms with Crippen molar-refractivity contribution < 1.29 is 13.6 Å². The fourth-order valence-corrected chi connectivity index (χ4v) is 3.62. The molecule has 0 aliphatic heterocycles. The van der Waals surface area contributed by atoms with Gasteiger partial charge in [-0.05, 0) is 31.5 Å². The number of thioether (sulfide) groups is 1. The van der Waals surface area contributed by atoms with E-state index in [0.29, 0.717) is 18.1 Å². The van der Waals surface area contributed by atoms with E-state index in [9.17, 15) is 13.6 Å². The van der Waals surface area contributed by atoms with Gasteiger partial charge in [0, 0.05) is 13.0 Å². The molecule has 3 aromatic rings. The summed E-state index contributed by atoms with van der Waals surface area (Å²) in [7, 11) is 0. The molecule has 3 rings (SSSR count). The van der Waals surface area contributed by atoms with Crippen LogP contribution in [0.25, 0.3) is 0 Å². The summed E-state index contributed by atoms with van der Waals surface area (Å²) in [5.41, 5.74) is 0.670. The van der Waals surface area contributed by atoms with Crippen LogP contribution in [0.5, 0.6) is 0 Å². The average Bonchev–Trinajstić information content (AvgIpc) is 3.06. The second-order valence-corrected chi connectivity index (χ2v) is 7.46. The number of rotatable bonds is 7. The number of anilines is 1. The van der Waals surface area contributed by atoms with Crippen LogP contribution in [-0.4, -0.2) is 25.9 Å². The van der Waals surface area contributed by atoms with Crippen LogP contribution in [0.15, 0.2) is 53.7 Å². The van der Waals surface area contributed by atoms with Crippen molar-refractivity contribution in [3.05, 3.63) is 71.6 Å². The third-order valence-corrected chi connectivity index (χ3v) is 5.26. The summed E-state index contributed by atoms with van der Waals surface area (Å²) in [6.07, 6.45) is 0.628. The first-order chi connectivity index (χ1) is 13.5. The summed E-state index contributed by atoms with van der Waals surface area (Å²) in [4.78, 5) is 12.4. The van der Waals surface area contributed by atoms with Crippen LogP contribution < -0.4 is 5.32 Å². The highest BCUT2D eigenvalue weighted by atomic mass is 32.2. The van der Waals surface area contributed by atoms with Crippen molar-refractivity contribution in [2.24, 2.45) is 0 Å². The van der Waals surface area contributed by atoms with Crippen molar-refractivity contribution in [2.75, 3.05) is 5.32 Å². The third-order valence-electron chi connectivity index (χ3n) is 4.18. The number of hydrogen-bond donors (Lipinski definition) is 1. The second kappa shape index (κ2) is 8.97. The molecule has 8 heteroatoms. The molecule has 0 spiro atoms. The van der Waals surface area contributed by atoms with Gasteiger partial charge in [0.2, 0.25) is 5.91 Å². The zero-order valence-electron chi connectivity index (χ0n) is 15.5. The number of carbonyl (C=O) groups excluding carboxylic acids is 1. The molecule has 1 aromatic heterocycles. The number of para-hydroxylation sites is 1. The highest BCUT2D eigenvalue weighted by molar-refractivity contribution is 8.00. The Morgan fingerprint density at radius 1 is 1.11 bits per heavy atom. The Morgan fingerprint density at radius 3 is 2.43 bits per heavy atom. The molecule has 1 amide bonds. The summed E-state index contributed by atoms with van der Waals surface area (Å²) in [5, 5.41) is 10.7. The smallest absolute Gasteiger partial charge is 0.237 e. The van der Waals surface area contributed by atoms with E-state index in [0.717, 1.165) is 23.5 Å². The normalized spacial score (nSPS) is 12.0. The number of hydrogen-bond acceptors (Lipinski definition) is 4. The van der Waals surface area contributed by atoms with E-state index in [2.05, 4.69) is 15.5 Å². The molecule has 0 aliphatic rings. The largest absolute Gasteiger partial charge is 0.320 e. The number of halogens is 2. The zero-order chi connectivity index (χ0) is 20.1. The average molecular weight is 402 g/mol. The first kappa shape index (κ1) is 20.0. The maximum atomic E-state index is 13.7. The van der Waals surface area contributed by atoms with Crippen molar-refractivity contribution in [1.29, 1.82) is 0 Å². The number of nitrogens with zero attached hydrogens (tertiary/aromatic N) is 3. The summed E-state index contributed by atoms with van der Waals surface area (Å²) in [6.45, 7) is 4.28. The highest BCUT2D eigenvalue weighted by Gasteiger charge is 2.22. The standard InChI is InChI=1S/C20H20F2N4OS/c1-3-26-17(12-14-8-5-4-6-9-14)24-25-20(26)28-13(2)19(27)23-18-15(21)10-7-11-16(18)22/h4-11,13H,3,12H2,1-2H3,(H,23,27)/t13-/m1/s1. The lowest BCUT2D eigenvalue weighted by Crippen LogP contribution is -2.24. The van der Waals surface area contributed by atoms with Gasteiger partial charge in [0.05, 0.1) is 5.25 Å². The lowest BCUT2D eigenvalue weighted by molar-refractivity contribution is -0.115. The predicted octanol–water partition coefficient (Wildman–Crippen LogP) is 4.29. The van der Waals surface area contributed by atoms with E-state index in [1.807, 2.05) is 41.8 Å². The van der Waals surface area contributed by atoms with Gasteiger partial charge in [-0.2, -0.15) is 0 Å². The van der Waals surface area contributed by atoms with E-state index in [1.54, 1.807) is 6.92 Å². The second-order valence-electron chi connectivity index (χ2n) is 6.15. The molecule has 0 radical (unpaired) electrons. The molecule has 1 atom stereocenters. The Hall–Kier alpha value is -2.74. The van der Waals surface area contributed by atoms with Crippen molar-refractivity contribution in [3.8, 4) is 0 Å². The summed E-state index contributed by atoms with van der Waals surface area (Å²) < 4.78 is 29.4. The molecular formula is C20H20F2N4OS. The monoisotopic (exact) mass is 402 g/mol. The van der Waals surface area contributed by atoms with Gasteiger partial charge in [-0.1, -0.05) is 48.2 Å². The number of nitrogens with one attached hydrogen (secondary N) is 1. The Bertz CT molecular complexity index is 942. The molecule has 0 saturated carbocycles. The molecule has 0 unspecified atom stereocenters. The lowest BCUT2D eigenvalue weighted by atomic mass is 10.1. The predicted molar refractivity (Wildman–Crippen MR) is 105 cm³/mol. The van der Waals surface area contributed by atoms with Gasteiger partial charge in [0.25, 0.3) is 0 Å². The van der Waals surface area contributed by atoms with Gasteiger partial charge in [-0.15, -0.1) is 10.2 Å². The third kappa shape index (κ3) is 4.56. The van der Waals surface area contributed by atoms with Gasteiger partial charge in [-0.25, -0.2) is 8.78 Å². The maximum absolute atomic E-state index is 13.7. The van der Waals surface area contributed by atoms with Crippen LogP contribution in [0.2, 0.25) is 0 Å². The van der Waals surface area contributed by atoms with Crippen LogP contribution in [0.3, 0.4) is 0 Å². The fourth-order valence-electron chi connectivity index (χ4n) is 2.69. The molecular weight excluding hydrogens is 382 g/mol. The quantitative estimate of drug-likeness (QED) is 0.599. The molecule has 1 N–H and O–H groups in total. The van der Waals surface area contributed by atoms with Crippen LogP contribution in [0, 0.1) is 11.6 Å². The molecule has 1 heterocycles. The summed E-state index contributed by atoms with van der Waals surface area (Å²) in [6, 6.07) is 13.4. The first-order valence-corrected chi connectivity index (χ1v) is 9.75. The van der Waals surface area contributed by atoms with E-state index in [1.165, 1.54) is 17.8 Å². The molecule has 5 nitrogen and oxygen atoms in total. The molecule has 0 fully saturated rings. The van der Waals surface area contributed by atoms with Gasteiger partial charge in [-0.3, -0.25) is 4.79 Å². The van der Waals surface area contributed by atoms with Crippen molar-refractivity contribution >= 4 is 23.4 Å². The Morgan fingerprint density at radius 2 is 1.79 bits per heavy atom. The van der Waals surface area contributed by atoms with E-state index < -0.39 is 28.5 Å². The minimum absolute atomic E-state index is 0.443. The van der Waals surface area contributed by atoms with Gasteiger partial charge in [0.1, 0.15) is 23.1 Å². The maximum Gasteiger partial charge on any atom is 0.237 e. The summed E-state index contributed by atoms with van der Waals surface area (Å²) in [5.74, 6) is -1.34. The topological polar surface area (TPSA) is 59.8 Å². The van der Waals surface area contributed by atoms with Crippen molar-refractivity contribution in [3.63, 3.8) is 0 Å². The van der Waals surface area contributed by atoms with Crippen LogP contribution in [0.4, 0.5) is 14.5 Å². The molecule has 0 aliphatic carbocycles. The molecule has 0 bridgehead atoms. The van der Waals surface area contributed by atoms with Gasteiger partial charge in [0.15, 0.2) is 5.16 Å². The van der Waals surface area contributed by atoms with Crippen molar-refractivity contribution in [1.82, 2.24) is 14.8 Å². The Kier molecular flexibility index (Phi) is 6.41. The number of aromatic nitrogens is 3. The zero-order valence-corrected chi connectivity index (χ0v) is 16.3. The molecule has 28 heavy (non-hydrogen) atoms. The Labute approximate surface area is 166 Å². The number of benzene rings is 2. The van der Waals surface area contributed by atoms with E-state index >= 15 is 0 Å². The minimum atomic E-state index is -0.813. The van der Waals surface area contributed by atoms with Crippen LogP contribution in [0.1, 0.15) is 25.2 Å². The highest BCUT2D eigenvalue weighted by Crippen LogP contribution is 2.25. The van der Waals surface area contributed by atoms with Gasteiger partial charge < -0.3 is 9.88 Å². The SMILES string of the molecule is CCn1c(Cc2ccccc2)nnc1S[C@H](C)C(=O)Nc1c(F)cccc1F. The summed E-state index contributed by atoms with van der Waals surface area (Å²) >= 11 is 1.20. The number of amides is 1. The lowest BCUT2D eigenvalue weighted by Gasteiger charge is -2.13. The van der Waals surface area contributed by atoms with Gasteiger partial charge >= 0.3 is 0 Å². The molecule has 0 saturated heterocycles. The van der Waals surface area contributed by atoms with E-state index in [4.69, 9.17) is 0 Å². The molecule has 146 valence electrons. The first-order valence-electron chi connectivity index (χ1n) is 8.87. The fraction of sp³-hybridized carbons (Fsp3) is 0.250. The molecule has 2 aromatic carbocycles. The minimum Gasteiger partial charge on any atom is -0.320 e.